The Balaban J connectivity index is 1.73. The molecule has 0 unspecified atom stereocenters. The lowest BCUT2D eigenvalue weighted by molar-refractivity contribution is 0.249. The van der Waals surface area contributed by atoms with E-state index in [4.69, 9.17) is 4.74 Å². The van der Waals surface area contributed by atoms with E-state index in [1.165, 1.54) is 25.7 Å². The molecule has 0 aliphatic heterocycles. The van der Waals surface area contributed by atoms with E-state index in [2.05, 4.69) is 29.4 Å². The van der Waals surface area contributed by atoms with Gasteiger partial charge >= 0.3 is 0 Å². The van der Waals surface area contributed by atoms with Gasteiger partial charge in [-0.05, 0) is 18.8 Å². The highest BCUT2D eigenvalue weighted by Crippen LogP contribution is 2.26. The zero-order valence-electron chi connectivity index (χ0n) is 10.6. The molecule has 0 spiro atoms. The number of rotatable bonds is 6. The summed E-state index contributed by atoms with van der Waals surface area (Å²) in [6.45, 7) is 5.84. The molecule has 1 saturated carbocycles. The summed E-state index contributed by atoms with van der Waals surface area (Å²) in [5, 5.41) is 13.2. The maximum absolute atomic E-state index is 5.69. The fourth-order valence-electron chi connectivity index (χ4n) is 2.03. The van der Waals surface area contributed by atoms with Crippen LogP contribution in [0.3, 0.4) is 0 Å². The summed E-state index contributed by atoms with van der Waals surface area (Å²) >= 11 is 1.55. The molecule has 1 aromatic heterocycles. The van der Waals surface area contributed by atoms with Crippen LogP contribution in [-0.4, -0.2) is 22.8 Å². The molecule has 1 N–H and O–H groups in total. The Morgan fingerprint density at radius 3 is 2.82 bits per heavy atom. The minimum absolute atomic E-state index is 0.474. The second kappa shape index (κ2) is 6.31. The molecule has 5 heteroatoms. The summed E-state index contributed by atoms with van der Waals surface area (Å²) in [5.41, 5.74) is 0. The summed E-state index contributed by atoms with van der Waals surface area (Å²) in [5.74, 6) is 0.733. The molecule has 1 aromatic rings. The van der Waals surface area contributed by atoms with Crippen molar-refractivity contribution in [3.63, 3.8) is 0 Å². The third-order valence-corrected chi connectivity index (χ3v) is 3.86. The number of nitrogens with zero attached hydrogens (tertiary/aromatic N) is 2. The van der Waals surface area contributed by atoms with E-state index in [1.807, 2.05) is 0 Å². The molecule has 1 aliphatic carbocycles. The van der Waals surface area contributed by atoms with Crippen LogP contribution in [0.1, 0.15) is 44.5 Å². The van der Waals surface area contributed by atoms with Crippen LogP contribution >= 0.6 is 11.3 Å². The first kappa shape index (κ1) is 12.8. The Hall–Kier alpha value is -0.680. The van der Waals surface area contributed by atoms with Gasteiger partial charge in [0, 0.05) is 6.04 Å². The van der Waals surface area contributed by atoms with Crippen LogP contribution in [0.4, 0.5) is 0 Å². The molecule has 1 heterocycles. The molecule has 4 nitrogen and oxygen atoms in total. The van der Waals surface area contributed by atoms with Gasteiger partial charge in [0.25, 0.3) is 5.19 Å². The van der Waals surface area contributed by atoms with Crippen molar-refractivity contribution >= 4 is 11.3 Å². The Bertz CT molecular complexity index is 334. The van der Waals surface area contributed by atoms with Gasteiger partial charge in [-0.15, -0.1) is 10.2 Å². The van der Waals surface area contributed by atoms with Crippen LogP contribution < -0.4 is 10.1 Å². The van der Waals surface area contributed by atoms with E-state index in [0.717, 1.165) is 29.3 Å². The first-order chi connectivity index (χ1) is 8.24. The highest BCUT2D eigenvalue weighted by Gasteiger charge is 2.16. The molecule has 96 valence electrons. The van der Waals surface area contributed by atoms with Crippen LogP contribution in [0.15, 0.2) is 0 Å². The maximum Gasteiger partial charge on any atom is 0.294 e. The van der Waals surface area contributed by atoms with Gasteiger partial charge in [-0.1, -0.05) is 38.0 Å². The largest absolute Gasteiger partial charge is 0.469 e. The van der Waals surface area contributed by atoms with Crippen molar-refractivity contribution in [2.24, 2.45) is 5.92 Å². The Kier molecular flexibility index (Phi) is 4.74. The van der Waals surface area contributed by atoms with Gasteiger partial charge in [-0.3, -0.25) is 0 Å². The lowest BCUT2D eigenvalue weighted by Crippen LogP contribution is -2.21. The van der Waals surface area contributed by atoms with Gasteiger partial charge in [-0.25, -0.2) is 0 Å². The first-order valence-corrected chi connectivity index (χ1v) is 7.24. The monoisotopic (exact) mass is 255 g/mol. The lowest BCUT2D eigenvalue weighted by atomic mass is 10.1. The standard InChI is InChI=1S/C12H21N3OS/c1-9(2)13-7-11-14-15-12(17-11)16-8-10-5-3-4-6-10/h9-10,13H,3-8H2,1-2H3. The molecule has 0 bridgehead atoms. The molecule has 0 saturated heterocycles. The molecule has 0 atom stereocenters. The van der Waals surface area contributed by atoms with Crippen LogP contribution in [0.2, 0.25) is 0 Å². The van der Waals surface area contributed by atoms with Gasteiger partial charge in [0.2, 0.25) is 0 Å². The summed E-state index contributed by atoms with van der Waals surface area (Å²) in [6, 6.07) is 0.474. The molecule has 0 aromatic carbocycles. The highest BCUT2D eigenvalue weighted by molar-refractivity contribution is 7.13. The van der Waals surface area contributed by atoms with Gasteiger partial charge in [0.1, 0.15) is 5.01 Å². The normalized spacial score (nSPS) is 16.9. The van der Waals surface area contributed by atoms with Gasteiger partial charge in [-0.2, -0.15) is 0 Å². The topological polar surface area (TPSA) is 47.0 Å². The van der Waals surface area contributed by atoms with Crippen molar-refractivity contribution in [2.45, 2.75) is 52.1 Å². The average Bonchev–Trinajstić information content (AvgIpc) is 2.95. The molecule has 1 fully saturated rings. The molecule has 1 aliphatic rings. The number of aromatic nitrogens is 2. The number of hydrogen-bond donors (Lipinski definition) is 1. The van der Waals surface area contributed by atoms with Gasteiger partial charge < -0.3 is 10.1 Å². The summed E-state index contributed by atoms with van der Waals surface area (Å²) in [7, 11) is 0. The van der Waals surface area contributed by atoms with Crippen molar-refractivity contribution in [2.75, 3.05) is 6.61 Å². The van der Waals surface area contributed by atoms with Gasteiger partial charge in [0.15, 0.2) is 0 Å². The predicted molar refractivity (Wildman–Crippen MR) is 69.3 cm³/mol. The lowest BCUT2D eigenvalue weighted by Gasteiger charge is -2.07. The predicted octanol–water partition coefficient (Wildman–Crippen LogP) is 2.61. The number of nitrogens with one attached hydrogen (secondary N) is 1. The van der Waals surface area contributed by atoms with Crippen molar-refractivity contribution in [1.29, 1.82) is 0 Å². The third kappa shape index (κ3) is 4.24. The van der Waals surface area contributed by atoms with Crippen LogP contribution in [0.5, 0.6) is 5.19 Å². The molecule has 17 heavy (non-hydrogen) atoms. The zero-order valence-corrected chi connectivity index (χ0v) is 11.4. The first-order valence-electron chi connectivity index (χ1n) is 6.42. The molecule has 0 amide bonds. The second-order valence-corrected chi connectivity index (χ2v) is 5.98. The number of ether oxygens (including phenoxy) is 1. The van der Waals surface area contributed by atoms with Crippen molar-refractivity contribution in [3.05, 3.63) is 5.01 Å². The Labute approximate surface area is 107 Å². The van der Waals surface area contributed by atoms with E-state index in [-0.39, 0.29) is 0 Å². The molecular formula is C12H21N3OS. The quantitative estimate of drug-likeness (QED) is 0.849. The Morgan fingerprint density at radius 2 is 2.12 bits per heavy atom. The SMILES string of the molecule is CC(C)NCc1nnc(OCC2CCCC2)s1. The van der Waals surface area contributed by atoms with E-state index in [1.54, 1.807) is 11.3 Å². The summed E-state index contributed by atoms with van der Waals surface area (Å²) < 4.78 is 5.69. The fraction of sp³-hybridized carbons (Fsp3) is 0.833. The summed E-state index contributed by atoms with van der Waals surface area (Å²) in [4.78, 5) is 0. The van der Waals surface area contributed by atoms with Crippen molar-refractivity contribution in [3.8, 4) is 5.19 Å². The fourth-order valence-corrected chi connectivity index (χ4v) is 2.67. The molecule has 2 rings (SSSR count). The summed E-state index contributed by atoms with van der Waals surface area (Å²) in [6.07, 6.45) is 5.32. The smallest absolute Gasteiger partial charge is 0.294 e. The third-order valence-electron chi connectivity index (χ3n) is 3.03. The highest BCUT2D eigenvalue weighted by atomic mass is 32.1. The minimum Gasteiger partial charge on any atom is -0.469 e. The van der Waals surface area contributed by atoms with Crippen molar-refractivity contribution < 1.29 is 4.74 Å². The van der Waals surface area contributed by atoms with E-state index >= 15 is 0 Å². The van der Waals surface area contributed by atoms with Gasteiger partial charge in [0.05, 0.1) is 13.2 Å². The Morgan fingerprint density at radius 1 is 1.35 bits per heavy atom. The average molecular weight is 255 g/mol. The number of hydrogen-bond acceptors (Lipinski definition) is 5. The van der Waals surface area contributed by atoms with Crippen LogP contribution in [-0.2, 0) is 6.54 Å². The van der Waals surface area contributed by atoms with Crippen LogP contribution in [0.25, 0.3) is 0 Å². The minimum atomic E-state index is 0.474. The maximum atomic E-state index is 5.69. The second-order valence-electron chi connectivity index (χ2n) is 4.96. The zero-order chi connectivity index (χ0) is 12.1. The van der Waals surface area contributed by atoms with E-state index < -0.39 is 0 Å². The molecule has 0 radical (unpaired) electrons. The molecular weight excluding hydrogens is 234 g/mol. The van der Waals surface area contributed by atoms with Crippen molar-refractivity contribution in [1.82, 2.24) is 15.5 Å². The van der Waals surface area contributed by atoms with E-state index in [0.29, 0.717) is 6.04 Å². The van der Waals surface area contributed by atoms with Crippen LogP contribution in [0, 0.1) is 5.92 Å². The van der Waals surface area contributed by atoms with E-state index in [9.17, 15) is 0 Å².